The van der Waals surface area contributed by atoms with Crippen LogP contribution in [0.5, 0.6) is 0 Å². The first-order chi connectivity index (χ1) is 8.33. The molecule has 1 fully saturated rings. The lowest BCUT2D eigenvalue weighted by Crippen LogP contribution is -2.60. The van der Waals surface area contributed by atoms with Crippen LogP contribution >= 0.6 is 0 Å². The van der Waals surface area contributed by atoms with Gasteiger partial charge in [-0.2, -0.15) is 0 Å². The van der Waals surface area contributed by atoms with Crippen LogP contribution in [0.1, 0.15) is 33.6 Å². The molecule has 0 aromatic carbocycles. The van der Waals surface area contributed by atoms with Crippen molar-refractivity contribution in [1.29, 1.82) is 0 Å². The molecule has 4 nitrogen and oxygen atoms in total. The van der Waals surface area contributed by atoms with Crippen LogP contribution in [0.4, 0.5) is 0 Å². The van der Waals surface area contributed by atoms with Crippen LogP contribution in [0, 0.1) is 0 Å². The molecule has 0 saturated heterocycles. The highest BCUT2D eigenvalue weighted by Crippen LogP contribution is 2.27. The third-order valence-electron chi connectivity index (χ3n) is 2.98. The maximum absolute atomic E-state index is 5.78. The van der Waals surface area contributed by atoms with Crippen LogP contribution in [0.15, 0.2) is 0 Å². The topological polar surface area (TPSA) is 39.7 Å². The predicted octanol–water partition coefficient (Wildman–Crippen LogP) is 1.59. The van der Waals surface area contributed by atoms with Gasteiger partial charge in [0.05, 0.1) is 25.4 Å². The summed E-state index contributed by atoms with van der Waals surface area (Å²) in [5.41, 5.74) is 0. The predicted molar refractivity (Wildman–Crippen MR) is 68.3 cm³/mol. The number of rotatable bonds is 10. The fourth-order valence-electron chi connectivity index (χ4n) is 2.13. The Hall–Kier alpha value is -0.160. The van der Waals surface area contributed by atoms with Gasteiger partial charge in [0.15, 0.2) is 0 Å². The number of hydrogen-bond donors (Lipinski definition) is 1. The number of nitrogens with one attached hydrogen (secondary N) is 1. The Morgan fingerprint density at radius 3 is 2.53 bits per heavy atom. The van der Waals surface area contributed by atoms with E-state index in [1.165, 1.54) is 0 Å². The average Bonchev–Trinajstić information content (AvgIpc) is 2.33. The Morgan fingerprint density at radius 1 is 1.06 bits per heavy atom. The van der Waals surface area contributed by atoms with E-state index in [1.54, 1.807) is 0 Å². The van der Waals surface area contributed by atoms with Crippen molar-refractivity contribution >= 4 is 0 Å². The van der Waals surface area contributed by atoms with Gasteiger partial charge in [0.25, 0.3) is 0 Å². The van der Waals surface area contributed by atoms with Gasteiger partial charge in [0.1, 0.15) is 0 Å². The zero-order valence-corrected chi connectivity index (χ0v) is 11.4. The number of likely N-dealkylation sites (N-methyl/N-ethyl adjacent to an activating group) is 1. The molecule has 4 heteroatoms. The summed E-state index contributed by atoms with van der Waals surface area (Å²) in [7, 11) is 0. The monoisotopic (exact) mass is 245 g/mol. The molecule has 1 saturated carbocycles. The van der Waals surface area contributed by atoms with Crippen molar-refractivity contribution in [2.24, 2.45) is 0 Å². The Bertz CT molecular complexity index is 190. The Balaban J connectivity index is 2.11. The smallest absolute Gasteiger partial charge is 0.0990 e. The summed E-state index contributed by atoms with van der Waals surface area (Å²) in [6, 6.07) is 0.460. The van der Waals surface area contributed by atoms with Gasteiger partial charge >= 0.3 is 0 Å². The minimum absolute atomic E-state index is 0.214. The van der Waals surface area contributed by atoms with Gasteiger partial charge in [-0.1, -0.05) is 13.8 Å². The number of hydrogen-bond acceptors (Lipinski definition) is 4. The van der Waals surface area contributed by atoms with Gasteiger partial charge < -0.3 is 19.5 Å². The molecule has 1 aliphatic rings. The van der Waals surface area contributed by atoms with Crippen molar-refractivity contribution in [3.05, 3.63) is 0 Å². The molecule has 0 aromatic rings. The van der Waals surface area contributed by atoms with E-state index in [0.29, 0.717) is 19.3 Å². The molecule has 1 N–H and O–H groups in total. The average molecular weight is 245 g/mol. The van der Waals surface area contributed by atoms with Crippen LogP contribution in [0.3, 0.4) is 0 Å². The summed E-state index contributed by atoms with van der Waals surface area (Å²) in [4.78, 5) is 0. The molecule has 1 rings (SSSR count). The van der Waals surface area contributed by atoms with Crippen LogP contribution in [-0.4, -0.2) is 51.2 Å². The van der Waals surface area contributed by atoms with Crippen molar-refractivity contribution in [1.82, 2.24) is 5.32 Å². The van der Waals surface area contributed by atoms with Crippen LogP contribution in [0.2, 0.25) is 0 Å². The lowest BCUT2D eigenvalue weighted by Gasteiger charge is -2.44. The molecule has 0 aliphatic heterocycles. The molecular weight excluding hydrogens is 218 g/mol. The zero-order valence-electron chi connectivity index (χ0n) is 11.4. The maximum Gasteiger partial charge on any atom is 0.0990 e. The Morgan fingerprint density at radius 2 is 1.88 bits per heavy atom. The Labute approximate surface area is 105 Å². The summed E-state index contributed by atoms with van der Waals surface area (Å²) >= 11 is 0. The van der Waals surface area contributed by atoms with Crippen molar-refractivity contribution in [2.75, 3.05) is 33.0 Å². The van der Waals surface area contributed by atoms with E-state index >= 15 is 0 Å². The van der Waals surface area contributed by atoms with Gasteiger partial charge in [-0.3, -0.25) is 0 Å². The van der Waals surface area contributed by atoms with Crippen LogP contribution in [-0.2, 0) is 14.2 Å². The third kappa shape index (κ3) is 4.92. The molecule has 0 bridgehead atoms. The summed E-state index contributed by atoms with van der Waals surface area (Å²) in [6.07, 6.45) is 2.56. The van der Waals surface area contributed by atoms with E-state index in [0.717, 1.165) is 32.6 Å². The highest BCUT2D eigenvalue weighted by atomic mass is 16.6. The molecule has 0 heterocycles. The van der Waals surface area contributed by atoms with E-state index in [4.69, 9.17) is 14.2 Å². The molecule has 0 amide bonds. The highest BCUT2D eigenvalue weighted by molar-refractivity contribution is 4.97. The fourth-order valence-corrected chi connectivity index (χ4v) is 2.13. The molecule has 0 spiro atoms. The summed E-state index contributed by atoms with van der Waals surface area (Å²) in [6.45, 7) is 10.2. The lowest BCUT2D eigenvalue weighted by atomic mass is 9.85. The minimum Gasteiger partial charge on any atom is -0.379 e. The molecule has 3 atom stereocenters. The second kappa shape index (κ2) is 8.86. The Kier molecular flexibility index (Phi) is 7.77. The van der Waals surface area contributed by atoms with Gasteiger partial charge in [0, 0.05) is 19.3 Å². The van der Waals surface area contributed by atoms with Crippen molar-refractivity contribution in [2.45, 2.75) is 51.9 Å². The van der Waals surface area contributed by atoms with E-state index in [1.807, 2.05) is 6.92 Å². The van der Waals surface area contributed by atoms with E-state index < -0.39 is 0 Å². The molecule has 0 aromatic heterocycles. The van der Waals surface area contributed by atoms with Crippen molar-refractivity contribution < 1.29 is 14.2 Å². The normalized spacial score (nSPS) is 28.1. The first-order valence-electron chi connectivity index (χ1n) is 6.87. The lowest BCUT2D eigenvalue weighted by molar-refractivity contribution is -0.150. The number of ether oxygens (including phenoxy) is 3. The molecule has 17 heavy (non-hydrogen) atoms. The first kappa shape index (κ1) is 14.9. The minimum atomic E-state index is 0.214. The van der Waals surface area contributed by atoms with Crippen molar-refractivity contribution in [3.8, 4) is 0 Å². The summed E-state index contributed by atoms with van der Waals surface area (Å²) in [5, 5.41) is 3.42. The molecule has 0 radical (unpaired) electrons. The largest absolute Gasteiger partial charge is 0.379 e. The third-order valence-corrected chi connectivity index (χ3v) is 2.98. The standard InChI is InChI=1S/C13H27NO3/c1-4-7-15-8-9-17-12-10-11(14-5-2)13(12)16-6-3/h11-14H,4-10H2,1-3H3. The second-order valence-corrected chi connectivity index (χ2v) is 4.34. The first-order valence-corrected chi connectivity index (χ1v) is 6.87. The highest BCUT2D eigenvalue weighted by Gasteiger charge is 2.41. The molecule has 3 unspecified atom stereocenters. The molecule has 1 aliphatic carbocycles. The summed E-state index contributed by atoms with van der Waals surface area (Å²) in [5.74, 6) is 0. The van der Waals surface area contributed by atoms with E-state index in [2.05, 4.69) is 19.2 Å². The molecular formula is C13H27NO3. The van der Waals surface area contributed by atoms with Gasteiger partial charge in [-0.05, 0) is 26.3 Å². The maximum atomic E-state index is 5.78. The second-order valence-electron chi connectivity index (χ2n) is 4.34. The van der Waals surface area contributed by atoms with E-state index in [-0.39, 0.29) is 12.2 Å². The zero-order chi connectivity index (χ0) is 12.5. The quantitative estimate of drug-likeness (QED) is 0.593. The van der Waals surface area contributed by atoms with Gasteiger partial charge in [-0.15, -0.1) is 0 Å². The van der Waals surface area contributed by atoms with Crippen molar-refractivity contribution in [3.63, 3.8) is 0 Å². The molecule has 102 valence electrons. The SMILES string of the molecule is CCCOCCOC1CC(NCC)C1OCC. The van der Waals surface area contributed by atoms with Gasteiger partial charge in [-0.25, -0.2) is 0 Å². The fraction of sp³-hybridized carbons (Fsp3) is 1.00. The van der Waals surface area contributed by atoms with Crippen LogP contribution < -0.4 is 5.32 Å². The van der Waals surface area contributed by atoms with Gasteiger partial charge in [0.2, 0.25) is 0 Å². The van der Waals surface area contributed by atoms with E-state index in [9.17, 15) is 0 Å². The van der Waals surface area contributed by atoms with Crippen LogP contribution in [0.25, 0.3) is 0 Å². The summed E-state index contributed by atoms with van der Waals surface area (Å²) < 4.78 is 16.9.